The zero-order valence-corrected chi connectivity index (χ0v) is 14.2. The van der Waals surface area contributed by atoms with Crippen molar-refractivity contribution in [3.63, 3.8) is 0 Å². The zero-order chi connectivity index (χ0) is 16.5. The lowest BCUT2D eigenvalue weighted by Gasteiger charge is -2.39. The van der Waals surface area contributed by atoms with Crippen molar-refractivity contribution in [3.8, 4) is 0 Å². The fraction of sp³-hybridized carbons (Fsp3) is 0.846. The average molecular weight is 318 g/mol. The van der Waals surface area contributed by atoms with Crippen molar-refractivity contribution in [2.24, 2.45) is 16.1 Å². The van der Waals surface area contributed by atoms with E-state index in [0.29, 0.717) is 25.6 Å². The van der Waals surface area contributed by atoms with E-state index < -0.39 is 25.9 Å². The Bertz CT molecular complexity index is 538. The van der Waals surface area contributed by atoms with E-state index in [1.807, 2.05) is 4.90 Å². The lowest BCUT2D eigenvalue weighted by atomic mass is 9.93. The number of nitrogens with zero attached hydrogens (tertiary/aromatic N) is 2. The molecule has 0 aromatic rings. The van der Waals surface area contributed by atoms with Crippen LogP contribution in [0.2, 0.25) is 0 Å². The highest BCUT2D eigenvalue weighted by Crippen LogP contribution is 2.23. The minimum Gasteiger partial charge on any atom is -0.369 e. The fourth-order valence-electron chi connectivity index (χ4n) is 2.04. The van der Waals surface area contributed by atoms with Crippen LogP contribution in [0.25, 0.3) is 0 Å². The molecule has 0 aliphatic carbocycles. The molecule has 0 atom stereocenters. The number of amides is 1. The predicted octanol–water partition coefficient (Wildman–Crippen LogP) is -0.418. The highest BCUT2D eigenvalue weighted by molar-refractivity contribution is 7.92. The van der Waals surface area contributed by atoms with E-state index >= 15 is 0 Å². The molecule has 1 aliphatic heterocycles. The molecule has 0 spiro atoms. The highest BCUT2D eigenvalue weighted by Gasteiger charge is 2.41. The lowest BCUT2D eigenvalue weighted by molar-refractivity contribution is -0.125. The van der Waals surface area contributed by atoms with Gasteiger partial charge in [-0.05, 0) is 27.7 Å². The number of rotatable bonds is 3. The first-order valence-corrected chi connectivity index (χ1v) is 8.56. The molecule has 1 fully saturated rings. The van der Waals surface area contributed by atoms with Gasteiger partial charge in [-0.3, -0.25) is 9.79 Å². The molecule has 0 saturated carbocycles. The van der Waals surface area contributed by atoms with E-state index in [2.05, 4.69) is 10.3 Å². The summed E-state index contributed by atoms with van der Waals surface area (Å²) >= 11 is 0. The topological polar surface area (TPSA) is 105 Å². The Morgan fingerprint density at radius 3 is 2.43 bits per heavy atom. The third-order valence-electron chi connectivity index (χ3n) is 3.91. The maximum absolute atomic E-state index is 12.0. The molecule has 122 valence electrons. The Labute approximate surface area is 126 Å². The van der Waals surface area contributed by atoms with Crippen LogP contribution in [0.3, 0.4) is 0 Å². The quantitative estimate of drug-likeness (QED) is 0.543. The number of carbonyl (C=O) groups is 1. The molecule has 8 heteroatoms. The molecule has 21 heavy (non-hydrogen) atoms. The van der Waals surface area contributed by atoms with Crippen LogP contribution in [0.4, 0.5) is 0 Å². The number of hydrogen-bond acceptors (Lipinski definition) is 4. The van der Waals surface area contributed by atoms with E-state index in [1.165, 1.54) is 0 Å². The molecule has 0 aromatic heterocycles. The number of guanidine groups is 1. The van der Waals surface area contributed by atoms with Crippen molar-refractivity contribution in [1.82, 2.24) is 10.2 Å². The van der Waals surface area contributed by atoms with E-state index in [1.54, 1.807) is 34.7 Å². The van der Waals surface area contributed by atoms with Gasteiger partial charge in [0, 0.05) is 26.7 Å². The van der Waals surface area contributed by atoms with Crippen LogP contribution >= 0.6 is 0 Å². The molecule has 1 saturated heterocycles. The average Bonchev–Trinajstić information content (AvgIpc) is 2.34. The number of sulfone groups is 1. The Hall–Kier alpha value is -1.31. The maximum Gasteiger partial charge on any atom is 0.224 e. The number of aliphatic imine (C=N–C) groups is 1. The monoisotopic (exact) mass is 318 g/mol. The summed E-state index contributed by atoms with van der Waals surface area (Å²) in [5, 5.41) is 3.11. The number of hydrogen-bond donors (Lipinski definition) is 2. The van der Waals surface area contributed by atoms with Crippen LogP contribution in [-0.2, 0) is 14.6 Å². The summed E-state index contributed by atoms with van der Waals surface area (Å²) in [6.07, 6.45) is 0. The summed E-state index contributed by atoms with van der Waals surface area (Å²) in [6, 6.07) is 0. The van der Waals surface area contributed by atoms with Crippen molar-refractivity contribution >= 4 is 21.7 Å². The fourth-order valence-corrected chi connectivity index (χ4v) is 3.41. The normalized spacial score (nSPS) is 22.0. The van der Waals surface area contributed by atoms with E-state index in [9.17, 15) is 13.2 Å². The van der Waals surface area contributed by atoms with Gasteiger partial charge in [-0.25, -0.2) is 8.42 Å². The van der Waals surface area contributed by atoms with Gasteiger partial charge in [0.05, 0.1) is 15.9 Å². The SMILES string of the molecule is CN=C(NCC(C)(C)C(N)=O)N1CCS(=O)(=O)C(C)(C)C1. The summed E-state index contributed by atoms with van der Waals surface area (Å²) in [4.78, 5) is 17.4. The molecule has 0 bridgehead atoms. The zero-order valence-electron chi connectivity index (χ0n) is 13.4. The number of nitrogens with two attached hydrogens (primary N) is 1. The molecule has 1 aliphatic rings. The van der Waals surface area contributed by atoms with Gasteiger partial charge >= 0.3 is 0 Å². The van der Waals surface area contributed by atoms with Crippen molar-refractivity contribution in [3.05, 3.63) is 0 Å². The van der Waals surface area contributed by atoms with Crippen LogP contribution in [0, 0.1) is 5.41 Å². The maximum atomic E-state index is 12.0. The van der Waals surface area contributed by atoms with Gasteiger partial charge in [-0.2, -0.15) is 0 Å². The van der Waals surface area contributed by atoms with Crippen molar-refractivity contribution in [2.75, 3.05) is 32.4 Å². The Morgan fingerprint density at radius 2 is 2.00 bits per heavy atom. The Morgan fingerprint density at radius 1 is 1.43 bits per heavy atom. The van der Waals surface area contributed by atoms with E-state index in [4.69, 9.17) is 5.73 Å². The molecule has 1 heterocycles. The standard InChI is InChI=1S/C13H26N4O3S/c1-12(2,10(14)18)8-16-11(15-5)17-6-7-21(19,20)13(3,4)9-17/h6-9H2,1-5H3,(H2,14,18)(H,15,16). The first-order chi connectivity index (χ1) is 9.43. The minimum absolute atomic E-state index is 0.0971. The second-order valence-corrected chi connectivity index (χ2v) is 9.39. The molecule has 1 amide bonds. The molecule has 3 N–H and O–H groups in total. The van der Waals surface area contributed by atoms with Crippen LogP contribution in [0.15, 0.2) is 4.99 Å². The largest absolute Gasteiger partial charge is 0.369 e. The van der Waals surface area contributed by atoms with Crippen LogP contribution in [0.5, 0.6) is 0 Å². The summed E-state index contributed by atoms with van der Waals surface area (Å²) in [5.41, 5.74) is 4.64. The molecule has 0 unspecified atom stereocenters. The third kappa shape index (κ3) is 3.87. The third-order valence-corrected chi connectivity index (χ3v) is 6.44. The summed E-state index contributed by atoms with van der Waals surface area (Å²) < 4.78 is 23.2. The van der Waals surface area contributed by atoms with Crippen molar-refractivity contribution in [2.45, 2.75) is 32.4 Å². The van der Waals surface area contributed by atoms with Gasteiger partial charge in [0.2, 0.25) is 5.91 Å². The summed E-state index contributed by atoms with van der Waals surface area (Å²) in [5.74, 6) is 0.291. The molecule has 0 radical (unpaired) electrons. The number of primary amides is 1. The van der Waals surface area contributed by atoms with Crippen LogP contribution < -0.4 is 11.1 Å². The molecular weight excluding hydrogens is 292 g/mol. The van der Waals surface area contributed by atoms with E-state index in [-0.39, 0.29) is 5.75 Å². The van der Waals surface area contributed by atoms with E-state index in [0.717, 1.165) is 0 Å². The number of carbonyl (C=O) groups excluding carboxylic acids is 1. The smallest absolute Gasteiger partial charge is 0.224 e. The first kappa shape index (κ1) is 17.7. The molecule has 7 nitrogen and oxygen atoms in total. The van der Waals surface area contributed by atoms with Crippen molar-refractivity contribution < 1.29 is 13.2 Å². The molecule has 1 rings (SSSR count). The van der Waals surface area contributed by atoms with Gasteiger partial charge in [-0.15, -0.1) is 0 Å². The Kier molecular flexibility index (Phi) is 4.92. The van der Waals surface area contributed by atoms with Gasteiger partial charge in [0.25, 0.3) is 0 Å². The highest BCUT2D eigenvalue weighted by atomic mass is 32.2. The van der Waals surface area contributed by atoms with Gasteiger partial charge < -0.3 is 16.0 Å². The van der Waals surface area contributed by atoms with Crippen LogP contribution in [0.1, 0.15) is 27.7 Å². The summed E-state index contributed by atoms with van der Waals surface area (Å²) in [6.45, 7) is 8.04. The molecular formula is C13H26N4O3S. The van der Waals surface area contributed by atoms with Crippen LogP contribution in [-0.4, -0.2) is 62.4 Å². The Balaban J connectivity index is 2.78. The lowest BCUT2D eigenvalue weighted by Crippen LogP contribution is -2.58. The van der Waals surface area contributed by atoms with Gasteiger partial charge in [0.15, 0.2) is 15.8 Å². The minimum atomic E-state index is -3.09. The number of nitrogens with one attached hydrogen (secondary N) is 1. The molecule has 0 aromatic carbocycles. The second kappa shape index (κ2) is 5.82. The van der Waals surface area contributed by atoms with Crippen molar-refractivity contribution in [1.29, 1.82) is 0 Å². The van der Waals surface area contributed by atoms with Gasteiger partial charge in [-0.1, -0.05) is 0 Å². The predicted molar refractivity (Wildman–Crippen MR) is 83.8 cm³/mol. The second-order valence-electron chi connectivity index (χ2n) is 6.65. The first-order valence-electron chi connectivity index (χ1n) is 6.91. The van der Waals surface area contributed by atoms with Gasteiger partial charge in [0.1, 0.15) is 0 Å². The summed E-state index contributed by atoms with van der Waals surface area (Å²) in [7, 11) is -1.46.